The predicted octanol–water partition coefficient (Wildman–Crippen LogP) is 3.47. The molecule has 0 fully saturated rings. The lowest BCUT2D eigenvalue weighted by Gasteiger charge is -1.98. The minimum absolute atomic E-state index is 0.151. The van der Waals surface area contributed by atoms with Gasteiger partial charge in [0.05, 0.1) is 18.1 Å². The van der Waals surface area contributed by atoms with Crippen molar-refractivity contribution in [1.82, 2.24) is 9.97 Å². The molecule has 21 heavy (non-hydrogen) atoms. The number of nitrogens with zero attached hydrogens (tertiary/aromatic N) is 1. The number of fused-ring (bicyclic) bond motifs is 1. The van der Waals surface area contributed by atoms with Crippen LogP contribution in [0.4, 0.5) is 0 Å². The van der Waals surface area contributed by atoms with E-state index in [1.807, 2.05) is 48.5 Å². The van der Waals surface area contributed by atoms with Gasteiger partial charge in [-0.1, -0.05) is 30.3 Å². The molecule has 0 saturated carbocycles. The fraction of sp³-hybridized carbons (Fsp3) is 0.0588. The maximum atomic E-state index is 12.1. The molecule has 1 N–H and O–H groups in total. The van der Waals surface area contributed by atoms with Crippen molar-refractivity contribution in [1.29, 1.82) is 0 Å². The maximum absolute atomic E-state index is 12.1. The Labute approximate surface area is 122 Å². The SMILES string of the molecule is COc1ccc(/C=C\C(=O)c2nc3ccccc3[nH]2)cc1. The topological polar surface area (TPSA) is 55.0 Å². The standard InChI is InChI=1S/C17H14N2O2/c1-21-13-9-6-12(7-10-13)8-11-16(20)17-18-14-4-2-3-5-15(14)19-17/h2-11H,1H3,(H,18,19)/b11-8-. The molecule has 0 radical (unpaired) electrons. The highest BCUT2D eigenvalue weighted by Gasteiger charge is 2.07. The summed E-state index contributed by atoms with van der Waals surface area (Å²) in [6.07, 6.45) is 3.27. The van der Waals surface area contributed by atoms with Gasteiger partial charge in [0.15, 0.2) is 5.82 Å². The van der Waals surface area contributed by atoms with Gasteiger partial charge < -0.3 is 9.72 Å². The molecule has 0 aliphatic heterocycles. The number of nitrogens with one attached hydrogen (secondary N) is 1. The second-order valence-corrected chi connectivity index (χ2v) is 4.57. The molecule has 4 nitrogen and oxygen atoms in total. The number of hydrogen-bond acceptors (Lipinski definition) is 3. The van der Waals surface area contributed by atoms with Crippen LogP contribution in [0.3, 0.4) is 0 Å². The van der Waals surface area contributed by atoms with E-state index in [1.54, 1.807) is 13.2 Å². The first-order valence-electron chi connectivity index (χ1n) is 6.57. The molecule has 104 valence electrons. The number of ketones is 1. The number of carbonyl (C=O) groups is 1. The van der Waals surface area contributed by atoms with Gasteiger partial charge >= 0.3 is 0 Å². The molecule has 0 bridgehead atoms. The fourth-order valence-electron chi connectivity index (χ4n) is 2.04. The Morgan fingerprint density at radius 2 is 1.90 bits per heavy atom. The average Bonchev–Trinajstić information content (AvgIpc) is 2.97. The number of H-pyrrole nitrogens is 1. The van der Waals surface area contributed by atoms with Gasteiger partial charge in [-0.25, -0.2) is 4.98 Å². The number of rotatable bonds is 4. The lowest BCUT2D eigenvalue weighted by Crippen LogP contribution is -1.96. The first kappa shape index (κ1) is 13.1. The maximum Gasteiger partial charge on any atom is 0.221 e. The van der Waals surface area contributed by atoms with Crippen molar-refractivity contribution in [2.75, 3.05) is 7.11 Å². The predicted molar refractivity (Wildman–Crippen MR) is 82.5 cm³/mol. The van der Waals surface area contributed by atoms with Gasteiger partial charge in [-0.15, -0.1) is 0 Å². The summed E-state index contributed by atoms with van der Waals surface area (Å²) in [6.45, 7) is 0. The van der Waals surface area contributed by atoms with Gasteiger partial charge in [-0.2, -0.15) is 0 Å². The van der Waals surface area contributed by atoms with Gasteiger partial charge in [0.25, 0.3) is 0 Å². The Hall–Kier alpha value is -2.88. The number of allylic oxidation sites excluding steroid dienone is 1. The number of aromatic nitrogens is 2. The molecule has 0 amide bonds. The highest BCUT2D eigenvalue weighted by Crippen LogP contribution is 2.14. The van der Waals surface area contributed by atoms with Crippen molar-refractivity contribution in [3.63, 3.8) is 0 Å². The largest absolute Gasteiger partial charge is 0.497 e. The highest BCUT2D eigenvalue weighted by molar-refractivity contribution is 6.05. The van der Waals surface area contributed by atoms with Crippen molar-refractivity contribution < 1.29 is 9.53 Å². The Balaban J connectivity index is 1.79. The van der Waals surface area contributed by atoms with E-state index in [4.69, 9.17) is 4.74 Å². The highest BCUT2D eigenvalue weighted by atomic mass is 16.5. The summed E-state index contributed by atoms with van der Waals surface area (Å²) >= 11 is 0. The zero-order valence-corrected chi connectivity index (χ0v) is 11.5. The molecule has 2 aromatic carbocycles. The molecule has 0 atom stereocenters. The molecule has 0 aliphatic carbocycles. The van der Waals surface area contributed by atoms with Gasteiger partial charge in [-0.3, -0.25) is 4.79 Å². The van der Waals surface area contributed by atoms with Crippen LogP contribution in [0, 0.1) is 0 Å². The van der Waals surface area contributed by atoms with Crippen molar-refractivity contribution in [3.05, 3.63) is 66.0 Å². The Kier molecular flexibility index (Phi) is 3.51. The van der Waals surface area contributed by atoms with Crippen LogP contribution < -0.4 is 4.74 Å². The second kappa shape index (κ2) is 5.63. The minimum atomic E-state index is -0.151. The normalized spacial score (nSPS) is 11.1. The molecule has 4 heteroatoms. The number of aromatic amines is 1. The van der Waals surface area contributed by atoms with E-state index in [9.17, 15) is 4.79 Å². The molecular weight excluding hydrogens is 264 g/mol. The minimum Gasteiger partial charge on any atom is -0.497 e. The summed E-state index contributed by atoms with van der Waals surface area (Å²) < 4.78 is 5.09. The Morgan fingerprint density at radius 1 is 1.14 bits per heavy atom. The van der Waals surface area contributed by atoms with Crippen LogP contribution >= 0.6 is 0 Å². The van der Waals surface area contributed by atoms with E-state index in [1.165, 1.54) is 6.08 Å². The molecule has 0 spiro atoms. The van der Waals surface area contributed by atoms with E-state index in [2.05, 4.69) is 9.97 Å². The van der Waals surface area contributed by atoms with E-state index in [-0.39, 0.29) is 5.78 Å². The molecule has 3 aromatic rings. The van der Waals surface area contributed by atoms with E-state index in [0.29, 0.717) is 5.82 Å². The number of hydrogen-bond donors (Lipinski definition) is 1. The zero-order valence-electron chi connectivity index (χ0n) is 11.5. The Morgan fingerprint density at radius 3 is 2.62 bits per heavy atom. The third-order valence-corrected chi connectivity index (χ3v) is 3.17. The number of benzene rings is 2. The van der Waals surface area contributed by atoms with E-state index < -0.39 is 0 Å². The van der Waals surface area contributed by atoms with Crippen LogP contribution in [-0.2, 0) is 0 Å². The van der Waals surface area contributed by atoms with Crippen LogP contribution in [0.15, 0.2) is 54.6 Å². The average molecular weight is 278 g/mol. The smallest absolute Gasteiger partial charge is 0.221 e. The molecule has 0 aliphatic rings. The molecular formula is C17H14N2O2. The number of methoxy groups -OCH3 is 1. The molecule has 0 saturated heterocycles. The molecule has 0 unspecified atom stereocenters. The Bertz CT molecular complexity index is 768. The van der Waals surface area contributed by atoms with Crippen LogP contribution in [0.25, 0.3) is 17.1 Å². The van der Waals surface area contributed by atoms with E-state index in [0.717, 1.165) is 22.3 Å². The number of imidazole rings is 1. The van der Waals surface area contributed by atoms with Crippen LogP contribution in [0.1, 0.15) is 16.2 Å². The van der Waals surface area contributed by atoms with Gasteiger partial charge in [0, 0.05) is 0 Å². The monoisotopic (exact) mass is 278 g/mol. The quantitative estimate of drug-likeness (QED) is 0.587. The van der Waals surface area contributed by atoms with Crippen molar-refractivity contribution >= 4 is 22.9 Å². The van der Waals surface area contributed by atoms with Crippen molar-refractivity contribution in [2.45, 2.75) is 0 Å². The summed E-state index contributed by atoms with van der Waals surface area (Å²) in [6, 6.07) is 15.0. The van der Waals surface area contributed by atoms with Gasteiger partial charge in [-0.05, 0) is 35.9 Å². The van der Waals surface area contributed by atoms with Gasteiger partial charge in [0.1, 0.15) is 5.75 Å². The van der Waals surface area contributed by atoms with E-state index >= 15 is 0 Å². The molecule has 1 heterocycles. The first-order chi connectivity index (χ1) is 10.3. The summed E-state index contributed by atoms with van der Waals surface area (Å²) in [5.41, 5.74) is 2.58. The number of ether oxygens (including phenoxy) is 1. The number of para-hydroxylation sites is 2. The number of carbonyl (C=O) groups excluding carboxylic acids is 1. The van der Waals surface area contributed by atoms with Crippen LogP contribution in [0.5, 0.6) is 5.75 Å². The summed E-state index contributed by atoms with van der Waals surface area (Å²) in [7, 11) is 1.62. The zero-order chi connectivity index (χ0) is 14.7. The summed E-state index contributed by atoms with van der Waals surface area (Å²) in [4.78, 5) is 19.4. The first-order valence-corrected chi connectivity index (χ1v) is 6.57. The van der Waals surface area contributed by atoms with Crippen LogP contribution in [0.2, 0.25) is 0 Å². The fourth-order valence-corrected chi connectivity index (χ4v) is 2.04. The summed E-state index contributed by atoms with van der Waals surface area (Å²) in [5, 5.41) is 0. The summed E-state index contributed by atoms with van der Waals surface area (Å²) in [5.74, 6) is 0.985. The van der Waals surface area contributed by atoms with Crippen molar-refractivity contribution in [3.8, 4) is 5.75 Å². The molecule has 3 rings (SSSR count). The third-order valence-electron chi connectivity index (χ3n) is 3.17. The van der Waals surface area contributed by atoms with Crippen molar-refractivity contribution in [2.24, 2.45) is 0 Å². The van der Waals surface area contributed by atoms with Crippen LogP contribution in [-0.4, -0.2) is 22.9 Å². The van der Waals surface area contributed by atoms with Gasteiger partial charge in [0.2, 0.25) is 5.78 Å². The second-order valence-electron chi connectivity index (χ2n) is 4.57. The lowest BCUT2D eigenvalue weighted by molar-refractivity contribution is 0.103. The molecule has 1 aromatic heterocycles. The third kappa shape index (κ3) is 2.84. The lowest BCUT2D eigenvalue weighted by atomic mass is 10.2.